The molecule has 0 aliphatic carbocycles. The van der Waals surface area contributed by atoms with Gasteiger partial charge in [0.1, 0.15) is 6.61 Å². The minimum absolute atomic E-state index is 0.0473. The molecule has 0 aromatic heterocycles. The SMILES string of the molecule is C=C(C)C(=O)OCCO.C=C(CC=Cc1ccccc1)C(=O)O.C=CC(=O)O. The fraction of sp³-hybridized carbons (Fsp3) is 0.190. The Bertz CT molecular complexity index is 688. The van der Waals surface area contributed by atoms with Gasteiger partial charge in [-0.2, -0.15) is 0 Å². The molecule has 28 heavy (non-hydrogen) atoms. The lowest BCUT2D eigenvalue weighted by Gasteiger charge is -1.99. The normalized spacial score (nSPS) is 9.07. The van der Waals surface area contributed by atoms with E-state index in [9.17, 15) is 14.4 Å². The number of carbonyl (C=O) groups excluding carboxylic acids is 1. The number of aliphatic carboxylic acids is 2. The van der Waals surface area contributed by atoms with E-state index in [1.807, 2.05) is 36.4 Å². The average molecular weight is 390 g/mol. The van der Waals surface area contributed by atoms with Gasteiger partial charge in [0.2, 0.25) is 0 Å². The van der Waals surface area contributed by atoms with Crippen LogP contribution in [0, 0.1) is 0 Å². The van der Waals surface area contributed by atoms with Crippen molar-refractivity contribution in [2.75, 3.05) is 13.2 Å². The van der Waals surface area contributed by atoms with Gasteiger partial charge in [-0.25, -0.2) is 14.4 Å². The van der Waals surface area contributed by atoms with Crippen molar-refractivity contribution in [1.82, 2.24) is 0 Å². The molecule has 0 atom stereocenters. The van der Waals surface area contributed by atoms with Gasteiger partial charge in [0.15, 0.2) is 0 Å². The van der Waals surface area contributed by atoms with Crippen LogP contribution in [0.15, 0.2) is 73.4 Å². The average Bonchev–Trinajstić information content (AvgIpc) is 2.67. The van der Waals surface area contributed by atoms with Gasteiger partial charge in [-0.05, 0) is 18.9 Å². The van der Waals surface area contributed by atoms with E-state index in [4.69, 9.17) is 15.3 Å². The van der Waals surface area contributed by atoms with Crippen LogP contribution in [-0.2, 0) is 19.1 Å². The molecule has 0 bridgehead atoms. The van der Waals surface area contributed by atoms with Crippen molar-refractivity contribution in [3.05, 3.63) is 78.9 Å². The summed E-state index contributed by atoms with van der Waals surface area (Å²) in [6.07, 6.45) is 4.89. The molecule has 0 amide bonds. The summed E-state index contributed by atoms with van der Waals surface area (Å²) in [5.74, 6) is -2.38. The highest BCUT2D eigenvalue weighted by atomic mass is 16.5. The van der Waals surface area contributed by atoms with Crippen LogP contribution in [0.4, 0.5) is 0 Å². The maximum absolute atomic E-state index is 10.5. The van der Waals surface area contributed by atoms with Gasteiger partial charge < -0.3 is 20.1 Å². The summed E-state index contributed by atoms with van der Waals surface area (Å²) in [6.45, 7) is 11.2. The Balaban J connectivity index is 0. The molecule has 7 nitrogen and oxygen atoms in total. The number of aliphatic hydroxyl groups excluding tert-OH is 1. The lowest BCUT2D eigenvalue weighted by atomic mass is 10.1. The Morgan fingerprint density at radius 1 is 1.11 bits per heavy atom. The van der Waals surface area contributed by atoms with Crippen molar-refractivity contribution < 1.29 is 34.4 Å². The molecule has 0 heterocycles. The number of hydrogen-bond donors (Lipinski definition) is 3. The molecule has 0 fully saturated rings. The molecule has 1 aromatic rings. The molecule has 0 saturated heterocycles. The first-order valence-corrected chi connectivity index (χ1v) is 8.07. The van der Waals surface area contributed by atoms with E-state index in [-0.39, 0.29) is 18.8 Å². The molecular formula is C21H26O7. The number of esters is 1. The number of ether oxygens (including phenoxy) is 1. The number of aliphatic hydroxyl groups is 1. The van der Waals surface area contributed by atoms with Gasteiger partial charge in [0, 0.05) is 17.2 Å². The summed E-state index contributed by atoms with van der Waals surface area (Å²) < 4.78 is 4.46. The lowest BCUT2D eigenvalue weighted by Crippen LogP contribution is -2.08. The number of carboxylic acids is 2. The van der Waals surface area contributed by atoms with Crippen LogP contribution in [0.5, 0.6) is 0 Å². The van der Waals surface area contributed by atoms with Crippen molar-refractivity contribution in [1.29, 1.82) is 0 Å². The van der Waals surface area contributed by atoms with Gasteiger partial charge in [-0.1, -0.05) is 62.2 Å². The number of rotatable bonds is 8. The van der Waals surface area contributed by atoms with Gasteiger partial charge >= 0.3 is 17.9 Å². The first-order valence-electron chi connectivity index (χ1n) is 8.07. The quantitative estimate of drug-likeness (QED) is 0.461. The minimum Gasteiger partial charge on any atom is -0.478 e. The van der Waals surface area contributed by atoms with Crippen molar-refractivity contribution in [3.63, 3.8) is 0 Å². The number of carboxylic acid groups (broad SMARTS) is 2. The molecule has 0 saturated carbocycles. The zero-order chi connectivity index (χ0) is 21.9. The maximum Gasteiger partial charge on any atom is 0.333 e. The first kappa shape index (κ1) is 26.8. The van der Waals surface area contributed by atoms with Crippen LogP contribution in [0.3, 0.4) is 0 Å². The molecule has 3 N–H and O–H groups in total. The second-order valence-electron chi connectivity index (χ2n) is 5.11. The molecule has 0 aliphatic heterocycles. The van der Waals surface area contributed by atoms with Crippen LogP contribution in [-0.4, -0.2) is 46.4 Å². The molecule has 0 radical (unpaired) electrons. The minimum atomic E-state index is -0.981. The van der Waals surface area contributed by atoms with Crippen LogP contribution < -0.4 is 0 Å². The summed E-state index contributed by atoms with van der Waals surface area (Å²) in [5.41, 5.74) is 1.62. The van der Waals surface area contributed by atoms with Crippen molar-refractivity contribution >= 4 is 24.0 Å². The van der Waals surface area contributed by atoms with E-state index in [1.54, 1.807) is 13.0 Å². The van der Waals surface area contributed by atoms with Crippen molar-refractivity contribution in [3.8, 4) is 0 Å². The van der Waals surface area contributed by atoms with Crippen LogP contribution in [0.2, 0.25) is 0 Å². The van der Waals surface area contributed by atoms with Gasteiger partial charge in [-0.15, -0.1) is 0 Å². The highest BCUT2D eigenvalue weighted by Gasteiger charge is 2.00. The van der Waals surface area contributed by atoms with E-state index in [0.717, 1.165) is 11.6 Å². The third kappa shape index (κ3) is 17.4. The summed E-state index contributed by atoms with van der Waals surface area (Å²) in [4.78, 5) is 30.1. The zero-order valence-electron chi connectivity index (χ0n) is 15.8. The number of benzene rings is 1. The molecule has 0 aliphatic rings. The van der Waals surface area contributed by atoms with E-state index < -0.39 is 17.9 Å². The van der Waals surface area contributed by atoms with Gasteiger partial charge in [0.05, 0.1) is 6.61 Å². The molecule has 1 aromatic carbocycles. The van der Waals surface area contributed by atoms with E-state index in [1.165, 1.54) is 0 Å². The Morgan fingerprint density at radius 2 is 1.64 bits per heavy atom. The molecule has 0 unspecified atom stereocenters. The van der Waals surface area contributed by atoms with Crippen molar-refractivity contribution in [2.45, 2.75) is 13.3 Å². The number of carbonyl (C=O) groups is 3. The molecular weight excluding hydrogens is 364 g/mol. The second-order valence-corrected chi connectivity index (χ2v) is 5.11. The number of hydrogen-bond acceptors (Lipinski definition) is 5. The number of allylic oxidation sites excluding steroid dienone is 1. The van der Waals surface area contributed by atoms with E-state index in [2.05, 4.69) is 24.5 Å². The smallest absolute Gasteiger partial charge is 0.333 e. The monoisotopic (exact) mass is 390 g/mol. The Labute approximate surface area is 164 Å². The van der Waals surface area contributed by atoms with Crippen LogP contribution >= 0.6 is 0 Å². The summed E-state index contributed by atoms with van der Waals surface area (Å²) in [5, 5.41) is 24.3. The Morgan fingerprint density at radius 3 is 2.04 bits per heavy atom. The Kier molecular flexibility index (Phi) is 16.2. The third-order valence-corrected chi connectivity index (χ3v) is 2.62. The van der Waals surface area contributed by atoms with E-state index in [0.29, 0.717) is 12.0 Å². The second kappa shape index (κ2) is 17.0. The summed E-state index contributed by atoms with van der Waals surface area (Å²) >= 11 is 0. The highest BCUT2D eigenvalue weighted by molar-refractivity contribution is 5.87. The molecule has 7 heteroatoms. The fourth-order valence-electron chi connectivity index (χ4n) is 1.25. The van der Waals surface area contributed by atoms with Crippen LogP contribution in [0.25, 0.3) is 6.08 Å². The predicted octanol–water partition coefficient (Wildman–Crippen LogP) is 3.09. The summed E-state index contributed by atoms with van der Waals surface area (Å²) in [7, 11) is 0. The van der Waals surface area contributed by atoms with Gasteiger partial charge in [0.25, 0.3) is 0 Å². The fourth-order valence-corrected chi connectivity index (χ4v) is 1.25. The largest absolute Gasteiger partial charge is 0.478 e. The topological polar surface area (TPSA) is 121 Å². The maximum atomic E-state index is 10.5. The predicted molar refractivity (Wildman–Crippen MR) is 108 cm³/mol. The molecule has 1 rings (SSSR count). The standard InChI is InChI=1S/C12H12O2.C6H10O3.C3H4O2/c1-10(12(13)14)6-5-9-11-7-3-2-4-8-11;1-5(2)6(8)9-4-3-7;1-2-3(4)5/h2-5,7-9H,1,6H2,(H,13,14);7H,1,3-4H2,2H3;2H,1H2,(H,4,5). The van der Waals surface area contributed by atoms with E-state index >= 15 is 0 Å². The molecule has 0 spiro atoms. The lowest BCUT2D eigenvalue weighted by molar-refractivity contribution is -0.140. The Hall–Kier alpha value is -3.45. The zero-order valence-corrected chi connectivity index (χ0v) is 15.8. The first-order chi connectivity index (χ1) is 13.1. The van der Waals surface area contributed by atoms with Crippen molar-refractivity contribution in [2.24, 2.45) is 0 Å². The van der Waals surface area contributed by atoms with Crippen LogP contribution in [0.1, 0.15) is 18.9 Å². The third-order valence-electron chi connectivity index (χ3n) is 2.62. The molecule has 152 valence electrons. The summed E-state index contributed by atoms with van der Waals surface area (Å²) in [6, 6.07) is 9.73. The highest BCUT2D eigenvalue weighted by Crippen LogP contribution is 2.05. The van der Waals surface area contributed by atoms with Gasteiger partial charge in [-0.3, -0.25) is 0 Å².